The zero-order valence-electron chi connectivity index (χ0n) is 59.3. The molecule has 0 rings (SSSR count). The second kappa shape index (κ2) is 62.8. The molecule has 540 valence electrons. The summed E-state index contributed by atoms with van der Waals surface area (Å²) in [6.45, 7) is 11.8. The Labute approximate surface area is 556 Å². The molecule has 0 fully saturated rings. The van der Waals surface area contributed by atoms with Gasteiger partial charge in [-0.15, -0.1) is 0 Å². The average molecular weight is 1340 g/mol. The lowest BCUT2D eigenvalue weighted by atomic mass is 10.0. The maximum Gasteiger partial charge on any atom is 0.472 e. The van der Waals surface area contributed by atoms with Crippen molar-refractivity contribution < 1.29 is 80.2 Å². The number of esters is 4. The van der Waals surface area contributed by atoms with Crippen LogP contribution < -0.4 is 0 Å². The van der Waals surface area contributed by atoms with Gasteiger partial charge < -0.3 is 33.8 Å². The Morgan fingerprint density at radius 1 is 0.297 bits per heavy atom. The number of aliphatic hydroxyl groups excluding tert-OH is 1. The first-order valence-electron chi connectivity index (χ1n) is 37.3. The SMILES string of the molecule is CCCCCCCCCC(=O)OC[C@H](COP(=O)(O)OC[C@H](O)COP(=O)(O)OC[C@@H](COC(=O)CCCCCCCCCCCCCCC(C)C)OC(=O)CCCCCCCCCCCCCCCCCCC(C)C)OC(=O)CCCCCCCCCC(C)C. The first-order chi connectivity index (χ1) is 43.7. The molecule has 91 heavy (non-hydrogen) atoms. The molecule has 17 nitrogen and oxygen atoms in total. The number of carbonyl (C=O) groups is 4. The Morgan fingerprint density at radius 3 is 0.747 bits per heavy atom. The predicted octanol–water partition coefficient (Wildman–Crippen LogP) is 20.6. The van der Waals surface area contributed by atoms with Crippen molar-refractivity contribution in [2.45, 2.75) is 381 Å². The van der Waals surface area contributed by atoms with Crippen molar-refractivity contribution in [3.8, 4) is 0 Å². The van der Waals surface area contributed by atoms with Crippen molar-refractivity contribution in [1.29, 1.82) is 0 Å². The van der Waals surface area contributed by atoms with Gasteiger partial charge in [0.05, 0.1) is 26.4 Å². The molecule has 0 aromatic rings. The fourth-order valence-corrected chi connectivity index (χ4v) is 12.5. The van der Waals surface area contributed by atoms with E-state index in [1.807, 2.05) is 0 Å². The van der Waals surface area contributed by atoms with Gasteiger partial charge in [0.25, 0.3) is 0 Å². The summed E-state index contributed by atoms with van der Waals surface area (Å²) in [5.41, 5.74) is 0. The van der Waals surface area contributed by atoms with Gasteiger partial charge in [-0.05, 0) is 43.4 Å². The summed E-state index contributed by atoms with van der Waals surface area (Å²) in [4.78, 5) is 72.4. The van der Waals surface area contributed by atoms with Gasteiger partial charge >= 0.3 is 39.5 Å². The number of rotatable bonds is 70. The molecule has 5 atom stereocenters. The highest BCUT2D eigenvalue weighted by Crippen LogP contribution is 2.45. The first kappa shape index (κ1) is 89.1. The van der Waals surface area contributed by atoms with Crippen LogP contribution in [0.3, 0.4) is 0 Å². The van der Waals surface area contributed by atoms with Crippen LogP contribution >= 0.6 is 15.6 Å². The van der Waals surface area contributed by atoms with Gasteiger partial charge in [-0.1, -0.05) is 312 Å². The number of ether oxygens (including phenoxy) is 4. The monoisotopic (exact) mass is 1340 g/mol. The molecule has 0 amide bonds. The summed E-state index contributed by atoms with van der Waals surface area (Å²) in [5.74, 6) is 0.157. The van der Waals surface area contributed by atoms with Crippen molar-refractivity contribution in [1.82, 2.24) is 0 Å². The van der Waals surface area contributed by atoms with E-state index >= 15 is 0 Å². The number of phosphoric acid groups is 2. The lowest BCUT2D eigenvalue weighted by Crippen LogP contribution is -2.30. The standard InChI is InChI=1S/C72H140O17P2/c1-8-9-10-11-29-39-46-53-69(74)82-59-67(89-72(77)56-49-42-35-28-32-38-45-52-65(6)7)61-86-90(78,79)84-57-66(73)58-85-91(80,81)87-62-68(60-83-70(75)54-47-40-33-26-22-19-18-21-25-31-37-44-51-64(4)5)88-71(76)55-48-41-34-27-23-17-15-13-12-14-16-20-24-30-36-43-50-63(2)3/h63-68,73H,8-62H2,1-7H3,(H,78,79)(H,80,81)/t66-,67+,68+/m0/s1. The highest BCUT2D eigenvalue weighted by Gasteiger charge is 2.30. The van der Waals surface area contributed by atoms with E-state index in [-0.39, 0.29) is 25.7 Å². The summed E-state index contributed by atoms with van der Waals surface area (Å²) >= 11 is 0. The predicted molar refractivity (Wildman–Crippen MR) is 368 cm³/mol. The smallest absolute Gasteiger partial charge is 0.462 e. The van der Waals surface area contributed by atoms with Gasteiger partial charge in [0, 0.05) is 25.7 Å². The number of hydrogen-bond acceptors (Lipinski definition) is 15. The molecule has 0 aliphatic heterocycles. The third-order valence-electron chi connectivity index (χ3n) is 16.6. The van der Waals surface area contributed by atoms with Gasteiger partial charge in [0.2, 0.25) is 0 Å². The molecular weight excluding hydrogens is 1200 g/mol. The number of unbranched alkanes of at least 4 members (excludes halogenated alkanes) is 38. The van der Waals surface area contributed by atoms with Crippen LogP contribution in [0.2, 0.25) is 0 Å². The molecule has 3 N–H and O–H groups in total. The average Bonchev–Trinajstić information content (AvgIpc) is 3.08. The molecule has 0 spiro atoms. The molecule has 19 heteroatoms. The molecule has 2 unspecified atom stereocenters. The van der Waals surface area contributed by atoms with Crippen LogP contribution in [0, 0.1) is 17.8 Å². The normalized spacial score (nSPS) is 14.2. The van der Waals surface area contributed by atoms with Gasteiger partial charge in [0.1, 0.15) is 19.3 Å². The Bertz CT molecular complexity index is 1780. The Kier molecular flexibility index (Phi) is 61.5. The molecule has 0 aliphatic carbocycles. The van der Waals surface area contributed by atoms with Crippen molar-refractivity contribution in [2.24, 2.45) is 17.8 Å². The van der Waals surface area contributed by atoms with Crippen molar-refractivity contribution in [2.75, 3.05) is 39.6 Å². The minimum absolute atomic E-state index is 0.103. The van der Waals surface area contributed by atoms with E-state index in [4.69, 9.17) is 37.0 Å². The second-order valence-electron chi connectivity index (χ2n) is 27.4. The van der Waals surface area contributed by atoms with E-state index in [9.17, 15) is 43.2 Å². The summed E-state index contributed by atoms with van der Waals surface area (Å²) in [5, 5.41) is 10.6. The zero-order chi connectivity index (χ0) is 67.3. The molecule has 0 aliphatic rings. The van der Waals surface area contributed by atoms with Gasteiger partial charge in [-0.25, -0.2) is 9.13 Å². The van der Waals surface area contributed by atoms with Crippen LogP contribution in [0.1, 0.15) is 363 Å². The molecule has 0 heterocycles. The molecule has 0 saturated carbocycles. The topological polar surface area (TPSA) is 237 Å². The van der Waals surface area contributed by atoms with Crippen LogP contribution in [0.25, 0.3) is 0 Å². The molecular formula is C72H140O17P2. The van der Waals surface area contributed by atoms with E-state index in [0.29, 0.717) is 31.6 Å². The van der Waals surface area contributed by atoms with E-state index in [2.05, 4.69) is 48.5 Å². The fraction of sp³-hybridized carbons (Fsp3) is 0.944. The maximum atomic E-state index is 13.0. The molecule has 0 aromatic carbocycles. The highest BCUT2D eigenvalue weighted by atomic mass is 31.2. The van der Waals surface area contributed by atoms with Crippen LogP contribution in [0.5, 0.6) is 0 Å². The highest BCUT2D eigenvalue weighted by molar-refractivity contribution is 7.47. The summed E-state index contributed by atoms with van der Waals surface area (Å²) in [6.07, 6.45) is 47.5. The summed E-state index contributed by atoms with van der Waals surface area (Å²) in [6, 6.07) is 0. The third kappa shape index (κ3) is 66.5. The lowest BCUT2D eigenvalue weighted by molar-refractivity contribution is -0.161. The number of aliphatic hydroxyl groups is 1. The summed E-state index contributed by atoms with van der Waals surface area (Å²) < 4.78 is 68.2. The number of phosphoric ester groups is 2. The quantitative estimate of drug-likeness (QED) is 0.0222. The van der Waals surface area contributed by atoms with Crippen molar-refractivity contribution in [3.05, 3.63) is 0 Å². The van der Waals surface area contributed by atoms with E-state index in [1.54, 1.807) is 0 Å². The van der Waals surface area contributed by atoms with Crippen LogP contribution in [-0.4, -0.2) is 96.7 Å². The largest absolute Gasteiger partial charge is 0.472 e. The van der Waals surface area contributed by atoms with E-state index < -0.39 is 97.5 Å². The zero-order valence-corrected chi connectivity index (χ0v) is 61.1. The Morgan fingerprint density at radius 2 is 0.505 bits per heavy atom. The number of hydrogen-bond donors (Lipinski definition) is 3. The van der Waals surface area contributed by atoms with Gasteiger partial charge in [0.15, 0.2) is 12.2 Å². The third-order valence-corrected chi connectivity index (χ3v) is 18.5. The maximum absolute atomic E-state index is 13.0. The Balaban J connectivity index is 5.18. The molecule has 0 bridgehead atoms. The van der Waals surface area contributed by atoms with Crippen LogP contribution in [0.15, 0.2) is 0 Å². The van der Waals surface area contributed by atoms with Crippen LogP contribution in [0.4, 0.5) is 0 Å². The fourth-order valence-electron chi connectivity index (χ4n) is 10.9. The number of carbonyl (C=O) groups excluding carboxylic acids is 4. The molecule has 0 aromatic heterocycles. The first-order valence-corrected chi connectivity index (χ1v) is 40.3. The van der Waals surface area contributed by atoms with E-state index in [1.165, 1.54) is 161 Å². The van der Waals surface area contributed by atoms with Gasteiger partial charge in [-0.3, -0.25) is 37.3 Å². The molecule has 0 saturated heterocycles. The van der Waals surface area contributed by atoms with Crippen LogP contribution in [-0.2, 0) is 65.4 Å². The Hall–Kier alpha value is -1.94. The van der Waals surface area contributed by atoms with E-state index in [0.717, 1.165) is 115 Å². The minimum Gasteiger partial charge on any atom is -0.462 e. The summed E-state index contributed by atoms with van der Waals surface area (Å²) in [7, 11) is -9.90. The minimum atomic E-state index is -4.95. The van der Waals surface area contributed by atoms with Crippen molar-refractivity contribution in [3.63, 3.8) is 0 Å². The van der Waals surface area contributed by atoms with Crippen molar-refractivity contribution >= 4 is 39.5 Å². The van der Waals surface area contributed by atoms with Gasteiger partial charge in [-0.2, -0.15) is 0 Å². The second-order valence-corrected chi connectivity index (χ2v) is 30.3. The lowest BCUT2D eigenvalue weighted by Gasteiger charge is -2.21. The molecule has 0 radical (unpaired) electrons.